The van der Waals surface area contributed by atoms with Gasteiger partial charge in [0, 0.05) is 13.1 Å². The zero-order valence-corrected chi connectivity index (χ0v) is 9.64. The predicted molar refractivity (Wildman–Crippen MR) is 57.6 cm³/mol. The SMILES string of the molecule is C=COC(=O)N1CCC(C(=O)OC(C)C)C1. The topological polar surface area (TPSA) is 55.8 Å². The van der Waals surface area contributed by atoms with E-state index in [1.165, 1.54) is 4.90 Å². The molecule has 5 nitrogen and oxygen atoms in total. The van der Waals surface area contributed by atoms with E-state index in [1.54, 1.807) is 13.8 Å². The van der Waals surface area contributed by atoms with E-state index in [9.17, 15) is 9.59 Å². The number of ether oxygens (including phenoxy) is 2. The maximum Gasteiger partial charge on any atom is 0.414 e. The van der Waals surface area contributed by atoms with Gasteiger partial charge in [0.2, 0.25) is 0 Å². The molecule has 1 fully saturated rings. The Morgan fingerprint density at radius 1 is 1.50 bits per heavy atom. The number of rotatable bonds is 3. The molecule has 1 rings (SSSR count). The summed E-state index contributed by atoms with van der Waals surface area (Å²) in [6.07, 6.45) is 1.12. The highest BCUT2D eigenvalue weighted by Crippen LogP contribution is 2.19. The molecule has 1 amide bonds. The van der Waals surface area contributed by atoms with E-state index in [0.29, 0.717) is 19.5 Å². The molecule has 0 bridgehead atoms. The molecule has 0 spiro atoms. The second-order valence-electron chi connectivity index (χ2n) is 3.97. The number of esters is 1. The summed E-state index contributed by atoms with van der Waals surface area (Å²) in [5.74, 6) is -0.483. The highest BCUT2D eigenvalue weighted by molar-refractivity contribution is 5.75. The fraction of sp³-hybridized carbons (Fsp3) is 0.636. The smallest absolute Gasteiger partial charge is 0.414 e. The Kier molecular flexibility index (Phi) is 4.34. The van der Waals surface area contributed by atoms with Crippen LogP contribution in [-0.2, 0) is 14.3 Å². The molecule has 0 aromatic rings. The van der Waals surface area contributed by atoms with Crippen molar-refractivity contribution in [1.29, 1.82) is 0 Å². The summed E-state index contributed by atoms with van der Waals surface area (Å²) in [4.78, 5) is 24.4. The van der Waals surface area contributed by atoms with Crippen molar-refractivity contribution in [3.05, 3.63) is 12.8 Å². The minimum atomic E-state index is -0.463. The van der Waals surface area contributed by atoms with Crippen LogP contribution < -0.4 is 0 Å². The van der Waals surface area contributed by atoms with Gasteiger partial charge < -0.3 is 14.4 Å². The molecule has 1 heterocycles. The van der Waals surface area contributed by atoms with Gasteiger partial charge in [-0.2, -0.15) is 0 Å². The van der Waals surface area contributed by atoms with Crippen molar-refractivity contribution in [3.8, 4) is 0 Å². The molecule has 1 saturated heterocycles. The third-order valence-electron chi connectivity index (χ3n) is 2.32. The van der Waals surface area contributed by atoms with Gasteiger partial charge in [-0.25, -0.2) is 4.79 Å². The van der Waals surface area contributed by atoms with Crippen molar-refractivity contribution >= 4 is 12.1 Å². The lowest BCUT2D eigenvalue weighted by molar-refractivity contribution is -0.151. The molecular weight excluding hydrogens is 210 g/mol. The van der Waals surface area contributed by atoms with Gasteiger partial charge in [-0.15, -0.1) is 0 Å². The lowest BCUT2D eigenvalue weighted by atomic mass is 10.1. The summed E-state index contributed by atoms with van der Waals surface area (Å²) in [5, 5.41) is 0. The Labute approximate surface area is 95.0 Å². The standard InChI is InChI=1S/C11H17NO4/c1-4-15-11(14)12-6-5-9(7-12)10(13)16-8(2)3/h4,8-9H,1,5-7H2,2-3H3. The number of likely N-dealkylation sites (tertiary alicyclic amines) is 1. The number of amides is 1. The maximum absolute atomic E-state index is 11.6. The van der Waals surface area contributed by atoms with Crippen LogP contribution >= 0.6 is 0 Å². The van der Waals surface area contributed by atoms with E-state index in [2.05, 4.69) is 11.3 Å². The number of carbonyl (C=O) groups excluding carboxylic acids is 2. The van der Waals surface area contributed by atoms with E-state index in [4.69, 9.17) is 4.74 Å². The average Bonchev–Trinajstić information content (AvgIpc) is 2.65. The van der Waals surface area contributed by atoms with Crippen molar-refractivity contribution in [2.45, 2.75) is 26.4 Å². The summed E-state index contributed by atoms with van der Waals surface area (Å²) in [7, 11) is 0. The molecule has 90 valence electrons. The van der Waals surface area contributed by atoms with Gasteiger partial charge in [0.15, 0.2) is 0 Å². The highest BCUT2D eigenvalue weighted by atomic mass is 16.6. The van der Waals surface area contributed by atoms with E-state index in [1.807, 2.05) is 0 Å². The van der Waals surface area contributed by atoms with Gasteiger partial charge >= 0.3 is 12.1 Å². The fourth-order valence-corrected chi connectivity index (χ4v) is 1.59. The molecule has 1 unspecified atom stereocenters. The van der Waals surface area contributed by atoms with Crippen LogP contribution in [0, 0.1) is 5.92 Å². The monoisotopic (exact) mass is 227 g/mol. The van der Waals surface area contributed by atoms with Crippen molar-refractivity contribution < 1.29 is 19.1 Å². The maximum atomic E-state index is 11.6. The Morgan fingerprint density at radius 2 is 2.19 bits per heavy atom. The zero-order valence-electron chi connectivity index (χ0n) is 9.64. The fourth-order valence-electron chi connectivity index (χ4n) is 1.59. The Balaban J connectivity index is 2.42. The number of nitrogens with zero attached hydrogens (tertiary/aromatic N) is 1. The van der Waals surface area contributed by atoms with Crippen LogP contribution in [0.5, 0.6) is 0 Å². The first-order valence-electron chi connectivity index (χ1n) is 5.31. The molecule has 16 heavy (non-hydrogen) atoms. The summed E-state index contributed by atoms with van der Waals surface area (Å²) < 4.78 is 9.72. The number of hydrogen-bond donors (Lipinski definition) is 0. The van der Waals surface area contributed by atoms with E-state index >= 15 is 0 Å². The van der Waals surface area contributed by atoms with E-state index < -0.39 is 6.09 Å². The molecule has 0 N–H and O–H groups in total. The molecule has 0 aromatic carbocycles. The van der Waals surface area contributed by atoms with Crippen molar-refractivity contribution in [2.24, 2.45) is 5.92 Å². The minimum absolute atomic E-state index is 0.123. The average molecular weight is 227 g/mol. The van der Waals surface area contributed by atoms with Gasteiger partial charge in [0.05, 0.1) is 18.3 Å². The van der Waals surface area contributed by atoms with Crippen LogP contribution in [-0.4, -0.2) is 36.2 Å². The van der Waals surface area contributed by atoms with E-state index in [-0.39, 0.29) is 18.0 Å². The Hall–Kier alpha value is -1.52. The molecule has 1 aliphatic rings. The third kappa shape index (κ3) is 3.25. The quantitative estimate of drug-likeness (QED) is 0.542. The minimum Gasteiger partial charge on any atom is -0.463 e. The first kappa shape index (κ1) is 12.5. The van der Waals surface area contributed by atoms with Gasteiger partial charge in [-0.1, -0.05) is 6.58 Å². The number of carbonyl (C=O) groups is 2. The van der Waals surface area contributed by atoms with Crippen molar-refractivity contribution in [1.82, 2.24) is 4.90 Å². The predicted octanol–water partition coefficient (Wildman–Crippen LogP) is 1.54. The lowest BCUT2D eigenvalue weighted by Crippen LogP contribution is -2.30. The lowest BCUT2D eigenvalue weighted by Gasteiger charge is -2.15. The van der Waals surface area contributed by atoms with Crippen LogP contribution in [0.2, 0.25) is 0 Å². The first-order chi connectivity index (χ1) is 7.54. The summed E-state index contributed by atoms with van der Waals surface area (Å²) in [5.41, 5.74) is 0. The van der Waals surface area contributed by atoms with Crippen LogP contribution in [0.4, 0.5) is 4.79 Å². The van der Waals surface area contributed by atoms with Crippen LogP contribution in [0.3, 0.4) is 0 Å². The van der Waals surface area contributed by atoms with Crippen LogP contribution in [0.1, 0.15) is 20.3 Å². The molecule has 1 atom stereocenters. The molecule has 0 saturated carbocycles. The van der Waals surface area contributed by atoms with Gasteiger partial charge in [0.1, 0.15) is 0 Å². The zero-order chi connectivity index (χ0) is 12.1. The Morgan fingerprint density at radius 3 is 2.75 bits per heavy atom. The second kappa shape index (κ2) is 5.53. The summed E-state index contributed by atoms with van der Waals surface area (Å²) in [6, 6.07) is 0. The first-order valence-corrected chi connectivity index (χ1v) is 5.31. The molecule has 5 heteroatoms. The molecule has 0 aliphatic carbocycles. The third-order valence-corrected chi connectivity index (χ3v) is 2.32. The number of hydrogen-bond acceptors (Lipinski definition) is 4. The normalized spacial score (nSPS) is 19.7. The Bertz CT molecular complexity index is 288. The van der Waals surface area contributed by atoms with Crippen LogP contribution in [0.15, 0.2) is 12.8 Å². The second-order valence-corrected chi connectivity index (χ2v) is 3.97. The van der Waals surface area contributed by atoms with E-state index in [0.717, 1.165) is 6.26 Å². The van der Waals surface area contributed by atoms with Gasteiger partial charge in [-0.3, -0.25) is 4.79 Å². The van der Waals surface area contributed by atoms with Gasteiger partial charge in [0.25, 0.3) is 0 Å². The molecule has 1 aliphatic heterocycles. The van der Waals surface area contributed by atoms with Crippen LogP contribution in [0.25, 0.3) is 0 Å². The molecule has 0 aromatic heterocycles. The highest BCUT2D eigenvalue weighted by Gasteiger charge is 2.32. The molecular formula is C11H17NO4. The van der Waals surface area contributed by atoms with Crippen molar-refractivity contribution in [3.63, 3.8) is 0 Å². The molecule has 0 radical (unpaired) electrons. The largest absolute Gasteiger partial charge is 0.463 e. The van der Waals surface area contributed by atoms with Gasteiger partial charge in [-0.05, 0) is 20.3 Å². The summed E-state index contributed by atoms with van der Waals surface area (Å²) >= 11 is 0. The summed E-state index contributed by atoms with van der Waals surface area (Å²) in [6.45, 7) is 7.79. The van der Waals surface area contributed by atoms with Crippen molar-refractivity contribution in [2.75, 3.05) is 13.1 Å².